The van der Waals surface area contributed by atoms with Gasteiger partial charge in [-0.15, -0.1) is 0 Å². The van der Waals surface area contributed by atoms with Gasteiger partial charge in [0.15, 0.2) is 17.6 Å². The number of benzene rings is 2. The molecule has 0 saturated carbocycles. The quantitative estimate of drug-likeness (QED) is 0.673. The van der Waals surface area contributed by atoms with Crippen molar-refractivity contribution in [3.05, 3.63) is 42.0 Å². The Kier molecular flexibility index (Phi) is 7.80. The molecule has 0 aromatic heterocycles. The summed E-state index contributed by atoms with van der Waals surface area (Å²) in [5.74, 6) is 2.71. The predicted molar refractivity (Wildman–Crippen MR) is 106 cm³/mol. The molecule has 0 fully saturated rings. The second-order valence-corrected chi connectivity index (χ2v) is 5.94. The molecule has 28 heavy (non-hydrogen) atoms. The highest BCUT2D eigenvalue weighted by atomic mass is 16.5. The molecule has 1 N–H and O–H groups in total. The Morgan fingerprint density at radius 3 is 1.93 bits per heavy atom. The van der Waals surface area contributed by atoms with Crippen molar-refractivity contribution in [1.29, 1.82) is 0 Å². The van der Waals surface area contributed by atoms with E-state index in [-0.39, 0.29) is 5.91 Å². The fourth-order valence-electron chi connectivity index (χ4n) is 2.68. The lowest BCUT2D eigenvalue weighted by molar-refractivity contribution is -0.128. The largest absolute Gasteiger partial charge is 0.497 e. The molecule has 0 aliphatic carbocycles. The average molecular weight is 389 g/mol. The van der Waals surface area contributed by atoms with Crippen LogP contribution < -0.4 is 29.0 Å². The zero-order valence-corrected chi connectivity index (χ0v) is 16.9. The summed E-state index contributed by atoms with van der Waals surface area (Å²) in [7, 11) is 6.25. The van der Waals surface area contributed by atoms with E-state index in [1.165, 1.54) is 0 Å². The zero-order valence-electron chi connectivity index (χ0n) is 16.9. The molecule has 0 unspecified atom stereocenters. The Balaban J connectivity index is 2.04. The third-order valence-corrected chi connectivity index (χ3v) is 4.19. The highest BCUT2D eigenvalue weighted by Gasteiger charge is 2.19. The Hall–Kier alpha value is -3.09. The first-order valence-corrected chi connectivity index (χ1v) is 8.93. The molecule has 0 radical (unpaired) electrons. The smallest absolute Gasteiger partial charge is 0.261 e. The molecular formula is C21H27NO6. The van der Waals surface area contributed by atoms with Gasteiger partial charge in [0, 0.05) is 6.54 Å². The monoisotopic (exact) mass is 389 g/mol. The van der Waals surface area contributed by atoms with Crippen molar-refractivity contribution < 1.29 is 28.5 Å². The molecule has 2 aromatic rings. The molecule has 2 rings (SSSR count). The summed E-state index contributed by atoms with van der Waals surface area (Å²) in [4.78, 5) is 12.6. The SMILES string of the molecule is CC[C@@H](Oc1ccc(OC)cc1)C(=O)NCc1cc(OC)c(OC)c(OC)c1. The fourth-order valence-corrected chi connectivity index (χ4v) is 2.68. The molecule has 0 aliphatic heterocycles. The van der Waals surface area contributed by atoms with Crippen LogP contribution in [0.1, 0.15) is 18.9 Å². The second kappa shape index (κ2) is 10.3. The number of hydrogen-bond acceptors (Lipinski definition) is 6. The van der Waals surface area contributed by atoms with Gasteiger partial charge < -0.3 is 29.0 Å². The third kappa shape index (κ3) is 5.22. The van der Waals surface area contributed by atoms with E-state index in [0.717, 1.165) is 11.3 Å². The van der Waals surface area contributed by atoms with Gasteiger partial charge in [0.05, 0.1) is 28.4 Å². The van der Waals surface area contributed by atoms with Crippen LogP contribution in [0.25, 0.3) is 0 Å². The van der Waals surface area contributed by atoms with Crippen LogP contribution in [0.5, 0.6) is 28.7 Å². The Labute approximate surface area is 165 Å². The lowest BCUT2D eigenvalue weighted by atomic mass is 10.1. The Morgan fingerprint density at radius 2 is 1.46 bits per heavy atom. The topological polar surface area (TPSA) is 75.3 Å². The molecule has 2 aromatic carbocycles. The zero-order chi connectivity index (χ0) is 20.5. The second-order valence-electron chi connectivity index (χ2n) is 5.94. The number of carbonyl (C=O) groups excluding carboxylic acids is 1. The summed E-state index contributed by atoms with van der Waals surface area (Å²) in [6, 6.07) is 10.7. The van der Waals surface area contributed by atoms with E-state index in [1.54, 1.807) is 64.8 Å². The van der Waals surface area contributed by atoms with Gasteiger partial charge in [0.2, 0.25) is 5.75 Å². The van der Waals surface area contributed by atoms with Gasteiger partial charge in [0.1, 0.15) is 11.5 Å². The van der Waals surface area contributed by atoms with Crippen molar-refractivity contribution in [2.75, 3.05) is 28.4 Å². The maximum absolute atomic E-state index is 12.6. The lowest BCUT2D eigenvalue weighted by Crippen LogP contribution is -2.37. The summed E-state index contributed by atoms with van der Waals surface area (Å²) in [6.07, 6.45) is -0.0666. The lowest BCUT2D eigenvalue weighted by Gasteiger charge is -2.18. The summed E-state index contributed by atoms with van der Waals surface area (Å²) in [5.41, 5.74) is 0.821. The number of methoxy groups -OCH3 is 4. The fraction of sp³-hybridized carbons (Fsp3) is 0.381. The van der Waals surface area contributed by atoms with Gasteiger partial charge in [-0.05, 0) is 48.4 Å². The van der Waals surface area contributed by atoms with Crippen molar-refractivity contribution in [3.63, 3.8) is 0 Å². The van der Waals surface area contributed by atoms with Crippen LogP contribution in [0.3, 0.4) is 0 Å². The highest BCUT2D eigenvalue weighted by molar-refractivity contribution is 5.81. The van der Waals surface area contributed by atoms with Crippen LogP contribution in [-0.4, -0.2) is 40.5 Å². The number of amides is 1. The first-order chi connectivity index (χ1) is 13.6. The van der Waals surface area contributed by atoms with Crippen LogP contribution in [0.2, 0.25) is 0 Å². The standard InChI is InChI=1S/C21H27NO6/c1-6-17(28-16-9-7-15(24-2)8-10-16)21(23)22-13-14-11-18(25-3)20(27-5)19(12-14)26-4/h7-12,17H,6,13H2,1-5H3,(H,22,23)/t17-/m1/s1. The van der Waals surface area contributed by atoms with Crippen LogP contribution in [0, 0.1) is 0 Å². The van der Waals surface area contributed by atoms with E-state index >= 15 is 0 Å². The minimum Gasteiger partial charge on any atom is -0.497 e. The number of hydrogen-bond donors (Lipinski definition) is 1. The van der Waals surface area contributed by atoms with E-state index in [9.17, 15) is 4.79 Å². The van der Waals surface area contributed by atoms with E-state index in [4.69, 9.17) is 23.7 Å². The third-order valence-electron chi connectivity index (χ3n) is 4.19. The molecule has 7 nitrogen and oxygen atoms in total. The summed E-state index contributed by atoms with van der Waals surface area (Å²) in [5, 5.41) is 2.89. The maximum Gasteiger partial charge on any atom is 0.261 e. The number of ether oxygens (including phenoxy) is 5. The molecule has 0 saturated heterocycles. The van der Waals surface area contributed by atoms with Gasteiger partial charge >= 0.3 is 0 Å². The number of rotatable bonds is 10. The van der Waals surface area contributed by atoms with E-state index in [1.807, 2.05) is 6.92 Å². The molecule has 1 atom stereocenters. The molecule has 152 valence electrons. The Morgan fingerprint density at radius 1 is 0.893 bits per heavy atom. The first kappa shape index (κ1) is 21.2. The van der Waals surface area contributed by atoms with Crippen molar-refractivity contribution in [2.45, 2.75) is 26.0 Å². The van der Waals surface area contributed by atoms with E-state index < -0.39 is 6.10 Å². The molecule has 0 spiro atoms. The first-order valence-electron chi connectivity index (χ1n) is 8.93. The summed E-state index contributed by atoms with van der Waals surface area (Å²) < 4.78 is 26.9. The van der Waals surface area contributed by atoms with Crippen molar-refractivity contribution >= 4 is 5.91 Å². The summed E-state index contributed by atoms with van der Waals surface area (Å²) in [6.45, 7) is 2.20. The van der Waals surface area contributed by atoms with E-state index in [0.29, 0.717) is 36.0 Å². The van der Waals surface area contributed by atoms with E-state index in [2.05, 4.69) is 5.32 Å². The van der Waals surface area contributed by atoms with Crippen LogP contribution in [-0.2, 0) is 11.3 Å². The van der Waals surface area contributed by atoms with Crippen molar-refractivity contribution in [2.24, 2.45) is 0 Å². The molecule has 0 heterocycles. The average Bonchev–Trinajstić information content (AvgIpc) is 2.75. The van der Waals surface area contributed by atoms with Gasteiger partial charge in [-0.1, -0.05) is 6.92 Å². The minimum atomic E-state index is -0.601. The number of carbonyl (C=O) groups is 1. The molecule has 0 aliphatic rings. The maximum atomic E-state index is 12.6. The molecule has 7 heteroatoms. The number of nitrogens with one attached hydrogen (secondary N) is 1. The summed E-state index contributed by atoms with van der Waals surface area (Å²) >= 11 is 0. The van der Waals surface area contributed by atoms with Crippen LogP contribution in [0.4, 0.5) is 0 Å². The minimum absolute atomic E-state index is 0.202. The van der Waals surface area contributed by atoms with Crippen molar-refractivity contribution in [1.82, 2.24) is 5.32 Å². The molecule has 0 bridgehead atoms. The molecule has 1 amide bonds. The Bertz CT molecular complexity index is 750. The predicted octanol–water partition coefficient (Wildman–Crippen LogP) is 3.19. The highest BCUT2D eigenvalue weighted by Crippen LogP contribution is 2.38. The van der Waals surface area contributed by atoms with Gasteiger partial charge in [-0.25, -0.2) is 0 Å². The van der Waals surface area contributed by atoms with Gasteiger partial charge in [-0.2, -0.15) is 0 Å². The van der Waals surface area contributed by atoms with Crippen LogP contribution >= 0.6 is 0 Å². The van der Waals surface area contributed by atoms with Crippen LogP contribution in [0.15, 0.2) is 36.4 Å². The normalized spacial score (nSPS) is 11.3. The van der Waals surface area contributed by atoms with Gasteiger partial charge in [0.25, 0.3) is 5.91 Å². The van der Waals surface area contributed by atoms with Crippen molar-refractivity contribution in [3.8, 4) is 28.7 Å². The van der Waals surface area contributed by atoms with Gasteiger partial charge in [-0.3, -0.25) is 4.79 Å². The molecular weight excluding hydrogens is 362 g/mol.